The fraction of sp³-hybridized carbons (Fsp3) is 0.333. The first-order valence-electron chi connectivity index (χ1n) is 9.35. The lowest BCUT2D eigenvalue weighted by molar-refractivity contribution is -0.149. The van der Waals surface area contributed by atoms with Crippen LogP contribution in [0.25, 0.3) is 0 Å². The quantitative estimate of drug-likeness (QED) is 0.595. The Balaban J connectivity index is 1.48. The van der Waals surface area contributed by atoms with E-state index in [0.717, 1.165) is 11.1 Å². The third kappa shape index (κ3) is 5.40. The lowest BCUT2D eigenvalue weighted by Gasteiger charge is -2.28. The molecule has 2 atom stereocenters. The number of hydrogen-bond donors (Lipinski definition) is 2. The molecule has 0 saturated heterocycles. The van der Waals surface area contributed by atoms with E-state index in [2.05, 4.69) is 5.43 Å². The van der Waals surface area contributed by atoms with Crippen molar-refractivity contribution in [2.75, 3.05) is 19.8 Å². The number of halogens is 1. The van der Waals surface area contributed by atoms with Crippen LogP contribution in [0, 0.1) is 0 Å². The molecule has 0 spiro atoms. The molecule has 7 nitrogen and oxygen atoms in total. The first-order chi connectivity index (χ1) is 14.0. The molecule has 0 bridgehead atoms. The second-order valence-corrected chi connectivity index (χ2v) is 7.04. The number of nitrogens with zero attached hydrogens (tertiary/aromatic N) is 1. The molecular formula is C21H23ClN2O5. The van der Waals surface area contributed by atoms with Gasteiger partial charge in [0.2, 0.25) is 0 Å². The van der Waals surface area contributed by atoms with Crippen LogP contribution < -0.4 is 10.2 Å². The monoisotopic (exact) mass is 418 g/mol. The van der Waals surface area contributed by atoms with Crippen LogP contribution in [0.5, 0.6) is 5.75 Å². The Morgan fingerprint density at radius 1 is 1.34 bits per heavy atom. The Morgan fingerprint density at radius 2 is 2.10 bits per heavy atom. The summed E-state index contributed by atoms with van der Waals surface area (Å²) in [6, 6.07) is 7.29. The van der Waals surface area contributed by atoms with E-state index in [1.165, 1.54) is 0 Å². The zero-order chi connectivity index (χ0) is 20.8. The highest BCUT2D eigenvalue weighted by Gasteiger charge is 2.26. The van der Waals surface area contributed by atoms with E-state index in [-0.39, 0.29) is 5.78 Å². The van der Waals surface area contributed by atoms with Gasteiger partial charge in [-0.1, -0.05) is 24.3 Å². The number of Topliss-reactive ketones (excluding diaryl/α,β-unsaturated/α-hetero) is 1. The second-order valence-electron chi connectivity index (χ2n) is 6.57. The zero-order valence-electron chi connectivity index (χ0n) is 16.0. The van der Waals surface area contributed by atoms with Crippen molar-refractivity contribution in [3.05, 3.63) is 65.5 Å². The fourth-order valence-electron chi connectivity index (χ4n) is 3.02. The zero-order valence-corrected chi connectivity index (χ0v) is 16.8. The Hall–Kier alpha value is -2.77. The molecule has 2 unspecified atom stereocenters. The van der Waals surface area contributed by atoms with Gasteiger partial charge in [-0.3, -0.25) is 9.80 Å². The highest BCUT2D eigenvalue weighted by molar-refractivity contribution is 6.36. The molecule has 8 heteroatoms. The summed E-state index contributed by atoms with van der Waals surface area (Å²) in [5, 5.41) is 10.4. The van der Waals surface area contributed by atoms with Crippen LogP contribution in [0.3, 0.4) is 0 Å². The summed E-state index contributed by atoms with van der Waals surface area (Å²) in [5.74, 6) is -0.391. The molecule has 29 heavy (non-hydrogen) atoms. The number of carboxylic acids is 1. The molecule has 2 aliphatic rings. The Morgan fingerprint density at radius 3 is 2.79 bits per heavy atom. The van der Waals surface area contributed by atoms with Crippen LogP contribution in [0.4, 0.5) is 0 Å². The number of ketones is 1. The van der Waals surface area contributed by atoms with E-state index in [4.69, 9.17) is 26.2 Å². The van der Waals surface area contributed by atoms with E-state index in [9.17, 15) is 9.59 Å². The molecule has 0 radical (unpaired) electrons. The summed E-state index contributed by atoms with van der Waals surface area (Å²) < 4.78 is 11.0. The minimum atomic E-state index is -0.969. The standard InChI is InChI=1S/C21H23ClN2O5/c1-2-28-19(21(26)27)11-14-3-6-16(7-4-14)29-10-9-24-13-15-5-8-18(22)20(25)17(15)12-23-24/h3-8,12-13,18-19,23H,2,9-11H2,1H3,(H,26,27). The number of benzene rings is 1. The third-order valence-electron chi connectivity index (χ3n) is 4.53. The molecule has 0 saturated carbocycles. The Kier molecular flexibility index (Phi) is 6.95. The minimum absolute atomic E-state index is 0.113. The normalized spacial score (nSPS) is 19.0. The van der Waals surface area contributed by atoms with Gasteiger partial charge >= 0.3 is 5.97 Å². The van der Waals surface area contributed by atoms with Crippen molar-refractivity contribution < 1.29 is 24.2 Å². The molecule has 1 heterocycles. The first-order valence-corrected chi connectivity index (χ1v) is 9.79. The number of alkyl halides is 1. The molecule has 0 aromatic heterocycles. The predicted octanol–water partition coefficient (Wildman–Crippen LogP) is 2.43. The molecule has 1 aliphatic heterocycles. The van der Waals surface area contributed by atoms with Gasteiger partial charge in [-0.2, -0.15) is 0 Å². The molecule has 2 N–H and O–H groups in total. The summed E-state index contributed by atoms with van der Waals surface area (Å²) in [4.78, 5) is 23.2. The number of rotatable bonds is 9. The second kappa shape index (κ2) is 9.62. The van der Waals surface area contributed by atoms with Gasteiger partial charge in [0.25, 0.3) is 0 Å². The van der Waals surface area contributed by atoms with Crippen molar-refractivity contribution in [1.29, 1.82) is 0 Å². The van der Waals surface area contributed by atoms with Crippen LogP contribution in [0.15, 0.2) is 60.0 Å². The van der Waals surface area contributed by atoms with Gasteiger partial charge in [-0.05, 0) is 24.6 Å². The molecular weight excluding hydrogens is 396 g/mol. The molecule has 0 amide bonds. The van der Waals surface area contributed by atoms with Crippen molar-refractivity contribution in [2.45, 2.75) is 24.8 Å². The van der Waals surface area contributed by atoms with Crippen LogP contribution >= 0.6 is 11.6 Å². The lowest BCUT2D eigenvalue weighted by Crippen LogP contribution is -2.38. The van der Waals surface area contributed by atoms with Crippen LogP contribution in [-0.4, -0.2) is 53.1 Å². The van der Waals surface area contributed by atoms with Gasteiger partial charge in [0.1, 0.15) is 17.7 Å². The van der Waals surface area contributed by atoms with Crippen molar-refractivity contribution in [3.63, 3.8) is 0 Å². The first kappa shape index (κ1) is 21.0. The summed E-state index contributed by atoms with van der Waals surface area (Å²) >= 11 is 5.94. The number of carboxylic acid groups (broad SMARTS) is 1. The summed E-state index contributed by atoms with van der Waals surface area (Å²) in [6.07, 6.45) is 6.47. The van der Waals surface area contributed by atoms with Gasteiger partial charge in [0.15, 0.2) is 11.9 Å². The van der Waals surface area contributed by atoms with Gasteiger partial charge < -0.3 is 20.0 Å². The lowest BCUT2D eigenvalue weighted by atomic mass is 9.94. The van der Waals surface area contributed by atoms with Crippen molar-refractivity contribution in [1.82, 2.24) is 10.4 Å². The molecule has 1 aromatic carbocycles. The number of ether oxygens (including phenoxy) is 2. The maximum absolute atomic E-state index is 12.0. The van der Waals surface area contributed by atoms with Crippen LogP contribution in [0.1, 0.15) is 12.5 Å². The minimum Gasteiger partial charge on any atom is -0.492 e. The predicted molar refractivity (Wildman–Crippen MR) is 108 cm³/mol. The summed E-state index contributed by atoms with van der Waals surface area (Å²) in [5.41, 5.74) is 5.30. The van der Waals surface area contributed by atoms with Crippen molar-refractivity contribution in [2.24, 2.45) is 0 Å². The SMILES string of the molecule is CCOC(Cc1ccc(OCCN2C=C3C=CC(Cl)C(=O)C3=CN2)cc1)C(=O)O. The topological polar surface area (TPSA) is 88.1 Å². The number of nitrogens with one attached hydrogen (secondary N) is 1. The highest BCUT2D eigenvalue weighted by Crippen LogP contribution is 2.25. The van der Waals surface area contributed by atoms with Gasteiger partial charge in [-0.25, -0.2) is 4.79 Å². The maximum atomic E-state index is 12.0. The number of fused-ring (bicyclic) bond motifs is 1. The smallest absolute Gasteiger partial charge is 0.333 e. The van der Waals surface area contributed by atoms with Crippen LogP contribution in [-0.2, 0) is 20.7 Å². The third-order valence-corrected chi connectivity index (χ3v) is 4.87. The van der Waals surface area contributed by atoms with E-state index in [0.29, 0.717) is 37.5 Å². The van der Waals surface area contributed by atoms with E-state index < -0.39 is 17.5 Å². The van der Waals surface area contributed by atoms with Gasteiger partial charge in [0.05, 0.1) is 6.54 Å². The average Bonchev–Trinajstić information content (AvgIpc) is 2.71. The van der Waals surface area contributed by atoms with Crippen LogP contribution in [0.2, 0.25) is 0 Å². The Labute approximate surface area is 174 Å². The average molecular weight is 419 g/mol. The number of hydrazine groups is 1. The van der Waals surface area contributed by atoms with Crippen molar-refractivity contribution in [3.8, 4) is 5.75 Å². The maximum Gasteiger partial charge on any atom is 0.333 e. The van der Waals surface area contributed by atoms with Crippen molar-refractivity contribution >= 4 is 23.4 Å². The number of allylic oxidation sites excluding steroid dienone is 4. The van der Waals surface area contributed by atoms with Gasteiger partial charge in [0, 0.05) is 36.6 Å². The molecule has 154 valence electrons. The van der Waals surface area contributed by atoms with Gasteiger partial charge in [-0.15, -0.1) is 11.6 Å². The highest BCUT2D eigenvalue weighted by atomic mass is 35.5. The molecule has 3 rings (SSSR count). The van der Waals surface area contributed by atoms with E-state index in [1.807, 2.05) is 41.6 Å². The largest absolute Gasteiger partial charge is 0.492 e. The molecule has 0 fully saturated rings. The number of carbonyl (C=O) groups is 2. The number of hydrogen-bond acceptors (Lipinski definition) is 6. The fourth-order valence-corrected chi connectivity index (χ4v) is 3.21. The molecule has 1 aliphatic carbocycles. The molecule has 1 aromatic rings. The Bertz CT molecular complexity index is 847. The number of carbonyl (C=O) groups excluding carboxylic acids is 1. The van der Waals surface area contributed by atoms with E-state index in [1.54, 1.807) is 19.2 Å². The van der Waals surface area contributed by atoms with E-state index >= 15 is 0 Å². The number of aliphatic carboxylic acids is 1. The summed E-state index contributed by atoms with van der Waals surface area (Å²) in [7, 11) is 0. The summed E-state index contributed by atoms with van der Waals surface area (Å²) in [6.45, 7) is 3.11.